The molecule has 1 aliphatic rings. The van der Waals surface area contributed by atoms with Crippen molar-refractivity contribution in [3.05, 3.63) is 65.7 Å². The van der Waals surface area contributed by atoms with E-state index in [1.54, 1.807) is 54.6 Å². The molecular formula is C25H27NO6. The summed E-state index contributed by atoms with van der Waals surface area (Å²) in [4.78, 5) is 51.0. The predicted molar refractivity (Wildman–Crippen MR) is 118 cm³/mol. The molecule has 0 aromatic heterocycles. The molecule has 7 heteroatoms. The van der Waals surface area contributed by atoms with E-state index in [2.05, 4.69) is 0 Å². The van der Waals surface area contributed by atoms with Gasteiger partial charge >= 0.3 is 11.9 Å². The van der Waals surface area contributed by atoms with Gasteiger partial charge in [-0.1, -0.05) is 43.7 Å². The fourth-order valence-electron chi connectivity index (χ4n) is 3.45. The lowest BCUT2D eigenvalue weighted by molar-refractivity contribution is -0.151. The molecule has 2 aromatic carbocycles. The first-order valence-corrected chi connectivity index (χ1v) is 10.8. The fourth-order valence-corrected chi connectivity index (χ4v) is 3.45. The molecule has 1 fully saturated rings. The Morgan fingerprint density at radius 2 is 1.72 bits per heavy atom. The van der Waals surface area contributed by atoms with E-state index in [1.165, 1.54) is 11.8 Å². The second-order valence-electron chi connectivity index (χ2n) is 7.75. The van der Waals surface area contributed by atoms with E-state index >= 15 is 0 Å². The number of anilines is 1. The molecule has 0 radical (unpaired) electrons. The van der Waals surface area contributed by atoms with Crippen molar-refractivity contribution in [1.82, 2.24) is 0 Å². The first kappa shape index (κ1) is 23.2. The van der Waals surface area contributed by atoms with E-state index in [0.717, 1.165) is 12.8 Å². The summed E-state index contributed by atoms with van der Waals surface area (Å²) in [6, 6.07) is 15.1. The minimum Gasteiger partial charge on any atom is -0.462 e. The molecule has 0 aliphatic carbocycles. The monoisotopic (exact) mass is 437 g/mol. The van der Waals surface area contributed by atoms with E-state index in [4.69, 9.17) is 9.47 Å². The van der Waals surface area contributed by atoms with Crippen molar-refractivity contribution >= 4 is 29.3 Å². The quantitative estimate of drug-likeness (QED) is 0.337. The molecule has 7 nitrogen and oxygen atoms in total. The third-order valence-corrected chi connectivity index (χ3v) is 5.32. The normalized spacial score (nSPS) is 16.5. The van der Waals surface area contributed by atoms with Gasteiger partial charge in [-0.25, -0.2) is 4.79 Å². The van der Waals surface area contributed by atoms with Crippen LogP contribution >= 0.6 is 0 Å². The summed E-state index contributed by atoms with van der Waals surface area (Å²) < 4.78 is 10.5. The van der Waals surface area contributed by atoms with Crippen molar-refractivity contribution in [2.24, 2.45) is 5.92 Å². The number of benzene rings is 2. The van der Waals surface area contributed by atoms with Gasteiger partial charge in [-0.15, -0.1) is 0 Å². The maximum atomic E-state index is 12.6. The number of carbonyl (C=O) groups is 4. The molecule has 0 spiro atoms. The molecule has 0 unspecified atom stereocenters. The van der Waals surface area contributed by atoms with Gasteiger partial charge in [0.25, 0.3) is 0 Å². The molecule has 168 valence electrons. The number of ether oxygens (including phenoxy) is 2. The molecule has 0 bridgehead atoms. The highest BCUT2D eigenvalue weighted by atomic mass is 16.5. The van der Waals surface area contributed by atoms with Gasteiger partial charge < -0.3 is 14.4 Å². The van der Waals surface area contributed by atoms with Crippen LogP contribution in [0.15, 0.2) is 54.6 Å². The number of ketones is 1. The summed E-state index contributed by atoms with van der Waals surface area (Å²) in [6.45, 7) is 4.07. The number of nitrogens with zero attached hydrogens (tertiary/aromatic N) is 1. The van der Waals surface area contributed by atoms with Crippen LogP contribution in [-0.4, -0.2) is 42.9 Å². The standard InChI is InChI=1S/C25H27NO6/c1-3-4-14-31-24(29)19-10-12-21(13-11-19)26-16-20(15-22(26)27)25(30)32-17(2)23(28)18-8-6-5-7-9-18/h5-13,17,20H,3-4,14-16H2,1-2H3/t17-,20+/m0/s1. The summed E-state index contributed by atoms with van der Waals surface area (Å²) in [6.07, 6.45) is 0.809. The van der Waals surface area contributed by atoms with Crippen molar-refractivity contribution in [1.29, 1.82) is 0 Å². The number of hydrogen-bond donors (Lipinski definition) is 0. The highest BCUT2D eigenvalue weighted by molar-refractivity contribution is 6.02. The largest absolute Gasteiger partial charge is 0.462 e. The Morgan fingerprint density at radius 3 is 2.38 bits per heavy atom. The van der Waals surface area contributed by atoms with Gasteiger partial charge in [-0.2, -0.15) is 0 Å². The summed E-state index contributed by atoms with van der Waals surface area (Å²) in [5, 5.41) is 0. The number of esters is 2. The van der Waals surface area contributed by atoms with Gasteiger partial charge in [0.1, 0.15) is 0 Å². The molecule has 32 heavy (non-hydrogen) atoms. The number of Topliss-reactive ketones (excluding diaryl/α,β-unsaturated/α-hetero) is 1. The molecule has 0 saturated carbocycles. The third kappa shape index (κ3) is 5.60. The summed E-state index contributed by atoms with van der Waals surface area (Å²) in [7, 11) is 0. The number of hydrogen-bond acceptors (Lipinski definition) is 6. The van der Waals surface area contributed by atoms with Crippen LogP contribution in [0.25, 0.3) is 0 Å². The molecule has 1 heterocycles. The van der Waals surface area contributed by atoms with E-state index in [1.807, 2.05) is 6.92 Å². The molecule has 2 atom stereocenters. The second-order valence-corrected chi connectivity index (χ2v) is 7.75. The molecular weight excluding hydrogens is 410 g/mol. The molecule has 0 N–H and O–H groups in total. The van der Waals surface area contributed by atoms with Crippen molar-refractivity contribution < 1.29 is 28.7 Å². The van der Waals surface area contributed by atoms with Crippen molar-refractivity contribution in [2.45, 2.75) is 39.2 Å². The average Bonchev–Trinajstić information content (AvgIpc) is 3.21. The highest BCUT2D eigenvalue weighted by Gasteiger charge is 2.37. The van der Waals surface area contributed by atoms with Crippen LogP contribution in [0.3, 0.4) is 0 Å². The van der Waals surface area contributed by atoms with Gasteiger partial charge in [0, 0.05) is 24.2 Å². The van der Waals surface area contributed by atoms with Crippen LogP contribution in [-0.2, 0) is 19.1 Å². The van der Waals surface area contributed by atoms with Crippen molar-refractivity contribution in [2.75, 3.05) is 18.1 Å². The van der Waals surface area contributed by atoms with Crippen LogP contribution < -0.4 is 4.90 Å². The Bertz CT molecular complexity index is 970. The smallest absolute Gasteiger partial charge is 0.338 e. The van der Waals surface area contributed by atoms with Gasteiger partial charge in [0.15, 0.2) is 6.10 Å². The number of carbonyl (C=O) groups excluding carboxylic acids is 4. The van der Waals surface area contributed by atoms with E-state index < -0.39 is 24.0 Å². The highest BCUT2D eigenvalue weighted by Crippen LogP contribution is 2.27. The number of rotatable bonds is 9. The van der Waals surface area contributed by atoms with Crippen LogP contribution in [0.2, 0.25) is 0 Å². The lowest BCUT2D eigenvalue weighted by Gasteiger charge is -2.18. The van der Waals surface area contributed by atoms with Crippen LogP contribution in [0, 0.1) is 5.92 Å². The predicted octanol–water partition coefficient (Wildman–Crippen LogP) is 3.81. The van der Waals surface area contributed by atoms with Crippen molar-refractivity contribution in [3.8, 4) is 0 Å². The van der Waals surface area contributed by atoms with Gasteiger partial charge in [-0.05, 0) is 37.6 Å². The molecule has 3 rings (SSSR count). The third-order valence-electron chi connectivity index (χ3n) is 5.32. The SMILES string of the molecule is CCCCOC(=O)c1ccc(N2C[C@H](C(=O)O[C@@H](C)C(=O)c3ccccc3)CC2=O)cc1. The molecule has 1 aliphatic heterocycles. The molecule has 2 aromatic rings. The Kier molecular flexibility index (Phi) is 7.76. The lowest BCUT2D eigenvalue weighted by Crippen LogP contribution is -2.30. The van der Waals surface area contributed by atoms with E-state index in [9.17, 15) is 19.2 Å². The number of unbranched alkanes of at least 4 members (excludes halogenated alkanes) is 1. The van der Waals surface area contributed by atoms with Crippen LogP contribution in [0.1, 0.15) is 53.8 Å². The van der Waals surface area contributed by atoms with Crippen LogP contribution in [0.4, 0.5) is 5.69 Å². The lowest BCUT2D eigenvalue weighted by atomic mass is 10.1. The molecule has 1 saturated heterocycles. The Hall–Kier alpha value is -3.48. The maximum absolute atomic E-state index is 12.6. The van der Waals surface area contributed by atoms with Crippen molar-refractivity contribution in [3.63, 3.8) is 0 Å². The fraction of sp³-hybridized carbons (Fsp3) is 0.360. The zero-order valence-corrected chi connectivity index (χ0v) is 18.3. The zero-order valence-electron chi connectivity index (χ0n) is 18.3. The first-order valence-electron chi connectivity index (χ1n) is 10.8. The van der Waals surface area contributed by atoms with Crippen LogP contribution in [0.5, 0.6) is 0 Å². The van der Waals surface area contributed by atoms with Gasteiger partial charge in [0.2, 0.25) is 11.7 Å². The second kappa shape index (κ2) is 10.7. The van der Waals surface area contributed by atoms with Gasteiger partial charge in [-0.3, -0.25) is 14.4 Å². The Morgan fingerprint density at radius 1 is 1.03 bits per heavy atom. The topological polar surface area (TPSA) is 90.0 Å². The minimum absolute atomic E-state index is 0.00584. The summed E-state index contributed by atoms with van der Waals surface area (Å²) in [5.41, 5.74) is 1.45. The number of amides is 1. The Balaban J connectivity index is 1.58. The summed E-state index contributed by atoms with van der Waals surface area (Å²) in [5.74, 6) is -2.15. The Labute approximate surface area is 187 Å². The molecule has 1 amide bonds. The zero-order chi connectivity index (χ0) is 23.1. The van der Waals surface area contributed by atoms with Gasteiger partial charge in [0.05, 0.1) is 18.1 Å². The first-order chi connectivity index (χ1) is 15.4. The summed E-state index contributed by atoms with van der Waals surface area (Å²) >= 11 is 0. The minimum atomic E-state index is -0.938. The average molecular weight is 437 g/mol. The van der Waals surface area contributed by atoms with E-state index in [-0.39, 0.29) is 24.7 Å². The maximum Gasteiger partial charge on any atom is 0.338 e. The van der Waals surface area contributed by atoms with E-state index in [0.29, 0.717) is 23.4 Å².